The number of rotatable bonds is 4. The Bertz CT molecular complexity index is 690. The number of thioether (sulfide) groups is 1. The van der Waals surface area contributed by atoms with E-state index in [1.807, 2.05) is 34.9 Å². The lowest BCUT2D eigenvalue weighted by Crippen LogP contribution is -2.44. The first-order valence-electron chi connectivity index (χ1n) is 8.25. The Morgan fingerprint density at radius 1 is 1.43 bits per heavy atom. The fourth-order valence-electron chi connectivity index (χ4n) is 3.48. The van der Waals surface area contributed by atoms with Crippen LogP contribution in [0.4, 0.5) is 0 Å². The van der Waals surface area contributed by atoms with Crippen molar-refractivity contribution in [2.24, 2.45) is 0 Å². The SMILES string of the molecule is O=C(c1cccc2cn[nH]c12)N(C[C@H]1CCCO1)[C@@H]1CCSC1. The van der Waals surface area contributed by atoms with Crippen molar-refractivity contribution >= 4 is 28.6 Å². The number of carbonyl (C=O) groups is 1. The first kappa shape index (κ1) is 15.0. The highest BCUT2D eigenvalue weighted by Crippen LogP contribution is 2.27. The van der Waals surface area contributed by atoms with Crippen molar-refractivity contribution in [1.82, 2.24) is 15.1 Å². The molecule has 1 aromatic heterocycles. The van der Waals surface area contributed by atoms with E-state index in [4.69, 9.17) is 4.74 Å². The molecular formula is C17H21N3O2S. The predicted molar refractivity (Wildman–Crippen MR) is 91.8 cm³/mol. The number of amides is 1. The Labute approximate surface area is 139 Å². The first-order chi connectivity index (χ1) is 11.3. The molecule has 2 aliphatic heterocycles. The minimum Gasteiger partial charge on any atom is -0.376 e. The molecule has 4 rings (SSSR count). The molecule has 0 aliphatic carbocycles. The summed E-state index contributed by atoms with van der Waals surface area (Å²) >= 11 is 1.93. The second-order valence-electron chi connectivity index (χ2n) is 6.25. The molecule has 5 nitrogen and oxygen atoms in total. The van der Waals surface area contributed by atoms with Gasteiger partial charge in [0, 0.05) is 30.3 Å². The minimum absolute atomic E-state index is 0.0999. The van der Waals surface area contributed by atoms with E-state index in [-0.39, 0.29) is 12.0 Å². The van der Waals surface area contributed by atoms with Crippen LogP contribution in [-0.4, -0.2) is 57.8 Å². The summed E-state index contributed by atoms with van der Waals surface area (Å²) in [5.74, 6) is 2.26. The van der Waals surface area contributed by atoms with E-state index in [0.29, 0.717) is 12.6 Å². The van der Waals surface area contributed by atoms with E-state index in [9.17, 15) is 4.79 Å². The lowest BCUT2D eigenvalue weighted by molar-refractivity contribution is 0.0443. The van der Waals surface area contributed by atoms with E-state index in [1.165, 1.54) is 0 Å². The van der Waals surface area contributed by atoms with E-state index in [1.54, 1.807) is 6.20 Å². The van der Waals surface area contributed by atoms with Gasteiger partial charge in [0.05, 0.1) is 23.4 Å². The lowest BCUT2D eigenvalue weighted by Gasteiger charge is -2.31. The summed E-state index contributed by atoms with van der Waals surface area (Å²) in [6.45, 7) is 1.52. The lowest BCUT2D eigenvalue weighted by atomic mass is 10.1. The molecule has 2 atom stereocenters. The fraction of sp³-hybridized carbons (Fsp3) is 0.529. The Morgan fingerprint density at radius 3 is 3.17 bits per heavy atom. The summed E-state index contributed by atoms with van der Waals surface area (Å²) in [6.07, 6.45) is 5.18. The summed E-state index contributed by atoms with van der Waals surface area (Å²) < 4.78 is 5.78. The van der Waals surface area contributed by atoms with Crippen LogP contribution < -0.4 is 0 Å². The molecule has 2 aliphatic rings. The van der Waals surface area contributed by atoms with Crippen LogP contribution in [0, 0.1) is 0 Å². The predicted octanol–water partition coefficient (Wildman–Crippen LogP) is 2.69. The maximum Gasteiger partial charge on any atom is 0.256 e. The standard InChI is InChI=1S/C17H21N3O2S/c21-17(15-5-1-3-12-9-18-19-16(12)15)20(13-6-8-23-11-13)10-14-4-2-7-22-14/h1,3,5,9,13-14H,2,4,6-8,10-11H2,(H,18,19)/t13-,14-/m1/s1. The Morgan fingerprint density at radius 2 is 2.39 bits per heavy atom. The smallest absolute Gasteiger partial charge is 0.256 e. The molecule has 0 saturated carbocycles. The molecule has 2 aromatic rings. The van der Waals surface area contributed by atoms with Crippen LogP contribution in [0.1, 0.15) is 29.6 Å². The van der Waals surface area contributed by atoms with Crippen molar-refractivity contribution in [2.75, 3.05) is 24.7 Å². The van der Waals surface area contributed by atoms with E-state index in [2.05, 4.69) is 10.2 Å². The average molecular weight is 331 g/mol. The molecule has 2 fully saturated rings. The maximum atomic E-state index is 13.2. The molecule has 1 N–H and O–H groups in total. The summed E-state index contributed by atoms with van der Waals surface area (Å²) in [5.41, 5.74) is 1.55. The summed E-state index contributed by atoms with van der Waals surface area (Å²) in [7, 11) is 0. The van der Waals surface area contributed by atoms with Crippen LogP contribution in [0.5, 0.6) is 0 Å². The fourth-order valence-corrected chi connectivity index (χ4v) is 4.70. The highest BCUT2D eigenvalue weighted by atomic mass is 32.2. The number of ether oxygens (including phenoxy) is 1. The van der Waals surface area contributed by atoms with Crippen LogP contribution >= 0.6 is 11.8 Å². The molecule has 6 heteroatoms. The minimum atomic E-state index is 0.0999. The molecule has 0 radical (unpaired) electrons. The van der Waals surface area contributed by atoms with Crippen LogP contribution in [-0.2, 0) is 4.74 Å². The number of aromatic amines is 1. The highest BCUT2D eigenvalue weighted by Gasteiger charge is 2.32. The second kappa shape index (κ2) is 6.53. The van der Waals surface area contributed by atoms with Crippen molar-refractivity contribution < 1.29 is 9.53 Å². The first-order valence-corrected chi connectivity index (χ1v) is 9.41. The van der Waals surface area contributed by atoms with Gasteiger partial charge < -0.3 is 9.64 Å². The van der Waals surface area contributed by atoms with Crippen molar-refractivity contribution in [1.29, 1.82) is 0 Å². The average Bonchev–Trinajstić information content (AvgIpc) is 3.33. The molecule has 2 saturated heterocycles. The number of benzene rings is 1. The Kier molecular flexibility index (Phi) is 4.27. The summed E-state index contributed by atoms with van der Waals surface area (Å²) in [5, 5.41) is 8.03. The van der Waals surface area contributed by atoms with E-state index >= 15 is 0 Å². The molecule has 1 aromatic carbocycles. The summed E-state index contributed by atoms with van der Waals surface area (Å²) in [6, 6.07) is 6.12. The normalized spacial score (nSPS) is 24.3. The zero-order chi connectivity index (χ0) is 15.6. The van der Waals surface area contributed by atoms with Crippen molar-refractivity contribution in [3.8, 4) is 0 Å². The number of H-pyrrole nitrogens is 1. The quantitative estimate of drug-likeness (QED) is 0.936. The molecule has 3 heterocycles. The van der Waals surface area contributed by atoms with Gasteiger partial charge in [-0.25, -0.2) is 0 Å². The number of nitrogens with zero attached hydrogens (tertiary/aromatic N) is 2. The highest BCUT2D eigenvalue weighted by molar-refractivity contribution is 7.99. The third-order valence-corrected chi connectivity index (χ3v) is 5.88. The van der Waals surface area contributed by atoms with Crippen molar-refractivity contribution in [3.63, 3.8) is 0 Å². The molecule has 1 amide bonds. The van der Waals surface area contributed by atoms with Gasteiger partial charge in [0.15, 0.2) is 0 Å². The van der Waals surface area contributed by atoms with Gasteiger partial charge in [0.25, 0.3) is 5.91 Å². The van der Waals surface area contributed by atoms with Gasteiger partial charge in [-0.15, -0.1) is 0 Å². The van der Waals surface area contributed by atoms with Gasteiger partial charge in [-0.2, -0.15) is 16.9 Å². The van der Waals surface area contributed by atoms with Gasteiger partial charge in [-0.1, -0.05) is 12.1 Å². The van der Waals surface area contributed by atoms with Crippen LogP contribution in [0.25, 0.3) is 10.9 Å². The van der Waals surface area contributed by atoms with E-state index < -0.39 is 0 Å². The number of hydrogen-bond donors (Lipinski definition) is 1. The number of para-hydroxylation sites is 1. The maximum absolute atomic E-state index is 13.2. The van der Waals surface area contributed by atoms with E-state index in [0.717, 1.165) is 53.8 Å². The van der Waals surface area contributed by atoms with Gasteiger partial charge >= 0.3 is 0 Å². The molecule has 23 heavy (non-hydrogen) atoms. The monoisotopic (exact) mass is 331 g/mol. The Balaban J connectivity index is 1.64. The number of fused-ring (bicyclic) bond motifs is 1. The summed E-state index contributed by atoms with van der Waals surface area (Å²) in [4.78, 5) is 15.3. The van der Waals surface area contributed by atoms with Crippen molar-refractivity contribution in [2.45, 2.75) is 31.4 Å². The van der Waals surface area contributed by atoms with Gasteiger partial charge in [-0.3, -0.25) is 9.89 Å². The zero-order valence-corrected chi connectivity index (χ0v) is 13.8. The van der Waals surface area contributed by atoms with Crippen LogP contribution in [0.2, 0.25) is 0 Å². The van der Waals surface area contributed by atoms with Gasteiger partial charge in [-0.05, 0) is 31.1 Å². The zero-order valence-electron chi connectivity index (χ0n) is 13.0. The molecule has 0 spiro atoms. The van der Waals surface area contributed by atoms with Crippen LogP contribution in [0.15, 0.2) is 24.4 Å². The molecular weight excluding hydrogens is 310 g/mol. The largest absolute Gasteiger partial charge is 0.376 e. The number of nitrogens with one attached hydrogen (secondary N) is 1. The van der Waals surface area contributed by atoms with Crippen LogP contribution in [0.3, 0.4) is 0 Å². The number of aromatic nitrogens is 2. The second-order valence-corrected chi connectivity index (χ2v) is 7.40. The third kappa shape index (κ3) is 2.97. The van der Waals surface area contributed by atoms with Gasteiger partial charge in [0.1, 0.15) is 0 Å². The molecule has 122 valence electrons. The third-order valence-electron chi connectivity index (χ3n) is 4.74. The van der Waals surface area contributed by atoms with Crippen molar-refractivity contribution in [3.05, 3.63) is 30.0 Å². The molecule has 0 bridgehead atoms. The number of carbonyl (C=O) groups excluding carboxylic acids is 1. The van der Waals surface area contributed by atoms with Gasteiger partial charge in [0.2, 0.25) is 0 Å². The number of hydrogen-bond acceptors (Lipinski definition) is 4. The topological polar surface area (TPSA) is 58.2 Å². The Hall–Kier alpha value is -1.53. The molecule has 0 unspecified atom stereocenters.